The number of nitrogens with zero attached hydrogens (tertiary/aromatic N) is 4. The van der Waals surface area contributed by atoms with Gasteiger partial charge in [0, 0.05) is 7.05 Å². The molecular formula is C5H10N4. The van der Waals surface area contributed by atoms with Gasteiger partial charge in [0.25, 0.3) is 0 Å². The molecule has 4 nitrogen and oxygen atoms in total. The lowest BCUT2D eigenvalue weighted by molar-refractivity contribution is 0.261. The molecule has 1 aliphatic heterocycles. The summed E-state index contributed by atoms with van der Waals surface area (Å²) < 4.78 is 0. The van der Waals surface area contributed by atoms with E-state index in [2.05, 4.69) is 15.3 Å². The summed E-state index contributed by atoms with van der Waals surface area (Å²) in [5, 5.41) is 13.5. The van der Waals surface area contributed by atoms with Crippen molar-refractivity contribution in [3.8, 4) is 0 Å². The largest absolute Gasteiger partial charge is 0.272 e. The highest BCUT2D eigenvalue weighted by atomic mass is 15.5. The molecule has 9 heavy (non-hydrogen) atoms. The molecule has 0 saturated heterocycles. The highest BCUT2D eigenvalue weighted by Crippen LogP contribution is 2.04. The first-order chi connectivity index (χ1) is 4.20. The average Bonchev–Trinajstić information content (AvgIpc) is 1.80. The number of rotatable bonds is 0. The fourth-order valence-corrected chi connectivity index (χ4v) is 0.574. The monoisotopic (exact) mass is 126 g/mol. The van der Waals surface area contributed by atoms with Crippen molar-refractivity contribution in [2.24, 2.45) is 15.3 Å². The molecule has 0 aromatic heterocycles. The smallest absolute Gasteiger partial charge is 0.167 e. The van der Waals surface area contributed by atoms with E-state index in [0.29, 0.717) is 0 Å². The summed E-state index contributed by atoms with van der Waals surface area (Å²) in [6.45, 7) is 3.77. The first-order valence-corrected chi connectivity index (χ1v) is 2.89. The molecule has 0 aromatic rings. The predicted molar refractivity (Wildman–Crippen MR) is 35.2 cm³/mol. The molecular weight excluding hydrogens is 116 g/mol. The summed E-state index contributed by atoms with van der Waals surface area (Å²) in [6, 6.07) is 0. The van der Waals surface area contributed by atoms with Gasteiger partial charge in [-0.25, -0.2) is 0 Å². The zero-order valence-electron chi connectivity index (χ0n) is 5.87. The maximum atomic E-state index is 4.05. The van der Waals surface area contributed by atoms with Crippen LogP contribution in [0.5, 0.6) is 0 Å². The van der Waals surface area contributed by atoms with Gasteiger partial charge in [0.15, 0.2) is 12.0 Å². The normalized spacial score (nSPS) is 26.3. The van der Waals surface area contributed by atoms with Gasteiger partial charge in [-0.3, -0.25) is 5.01 Å². The van der Waals surface area contributed by atoms with Gasteiger partial charge in [-0.15, -0.1) is 5.11 Å². The summed E-state index contributed by atoms with van der Waals surface area (Å²) >= 11 is 0. The van der Waals surface area contributed by atoms with Crippen molar-refractivity contribution in [2.75, 3.05) is 7.05 Å². The fraction of sp³-hybridized carbons (Fsp3) is 0.800. The maximum Gasteiger partial charge on any atom is 0.167 e. The van der Waals surface area contributed by atoms with Crippen molar-refractivity contribution in [2.45, 2.75) is 20.0 Å². The van der Waals surface area contributed by atoms with Gasteiger partial charge in [-0.2, -0.15) is 10.2 Å². The molecule has 0 N–H and O–H groups in total. The van der Waals surface area contributed by atoms with Crippen LogP contribution < -0.4 is 0 Å². The summed E-state index contributed by atoms with van der Waals surface area (Å²) in [5.74, 6) is 0.718. The molecule has 0 saturated carbocycles. The molecule has 1 heterocycles. The Hall–Kier alpha value is -0.930. The topological polar surface area (TPSA) is 40.3 Å². The Morgan fingerprint density at radius 2 is 2.22 bits per heavy atom. The lowest BCUT2D eigenvalue weighted by atomic mass is 10.6. The lowest BCUT2D eigenvalue weighted by Gasteiger charge is -2.19. The van der Waals surface area contributed by atoms with Crippen LogP contribution in [-0.4, -0.2) is 24.1 Å². The van der Waals surface area contributed by atoms with E-state index < -0.39 is 0 Å². The van der Waals surface area contributed by atoms with Crippen molar-refractivity contribution in [1.82, 2.24) is 5.01 Å². The predicted octanol–water partition coefficient (Wildman–Crippen LogP) is 1.06. The lowest BCUT2D eigenvalue weighted by Crippen LogP contribution is -2.25. The Balaban J connectivity index is 2.70. The van der Waals surface area contributed by atoms with Crippen molar-refractivity contribution >= 4 is 5.84 Å². The van der Waals surface area contributed by atoms with Gasteiger partial charge in [-0.1, -0.05) is 0 Å². The molecule has 0 fully saturated rings. The van der Waals surface area contributed by atoms with E-state index in [1.165, 1.54) is 0 Å². The van der Waals surface area contributed by atoms with Crippen LogP contribution in [0.25, 0.3) is 0 Å². The molecule has 0 radical (unpaired) electrons. The molecule has 0 spiro atoms. The van der Waals surface area contributed by atoms with Gasteiger partial charge in [-0.05, 0) is 13.8 Å². The van der Waals surface area contributed by atoms with E-state index in [1.807, 2.05) is 20.9 Å². The molecule has 1 unspecified atom stereocenters. The summed E-state index contributed by atoms with van der Waals surface area (Å²) in [5.41, 5.74) is 0. The molecule has 50 valence electrons. The van der Waals surface area contributed by atoms with Crippen molar-refractivity contribution in [3.63, 3.8) is 0 Å². The number of hydrogen-bond acceptors (Lipinski definition) is 4. The maximum absolute atomic E-state index is 4.05. The number of hydrogen-bond donors (Lipinski definition) is 0. The van der Waals surface area contributed by atoms with E-state index >= 15 is 0 Å². The number of amidine groups is 1. The molecule has 0 aromatic carbocycles. The van der Waals surface area contributed by atoms with Crippen LogP contribution in [0.4, 0.5) is 0 Å². The quantitative estimate of drug-likeness (QED) is 0.478. The third-order valence-corrected chi connectivity index (χ3v) is 1.21. The van der Waals surface area contributed by atoms with Gasteiger partial charge < -0.3 is 0 Å². The van der Waals surface area contributed by atoms with Gasteiger partial charge in [0.05, 0.1) is 0 Å². The molecule has 1 rings (SSSR count). The zero-order valence-corrected chi connectivity index (χ0v) is 5.87. The number of azo groups is 1. The Labute approximate surface area is 54.3 Å². The van der Waals surface area contributed by atoms with Crippen LogP contribution >= 0.6 is 0 Å². The van der Waals surface area contributed by atoms with Gasteiger partial charge in [0.1, 0.15) is 0 Å². The van der Waals surface area contributed by atoms with Crippen LogP contribution in [0.3, 0.4) is 0 Å². The highest BCUT2D eigenvalue weighted by Gasteiger charge is 2.08. The molecule has 0 amide bonds. The Morgan fingerprint density at radius 3 is 2.67 bits per heavy atom. The zero-order chi connectivity index (χ0) is 6.85. The fourth-order valence-electron chi connectivity index (χ4n) is 0.574. The Bertz CT molecular complexity index is 160. The molecule has 0 bridgehead atoms. The van der Waals surface area contributed by atoms with Crippen LogP contribution in [0.1, 0.15) is 13.8 Å². The second-order valence-electron chi connectivity index (χ2n) is 2.07. The molecule has 1 atom stereocenters. The second kappa shape index (κ2) is 2.13. The minimum Gasteiger partial charge on any atom is -0.272 e. The minimum atomic E-state index is 0.0914. The Morgan fingerprint density at radius 1 is 1.56 bits per heavy atom. The van der Waals surface area contributed by atoms with E-state index in [4.69, 9.17) is 0 Å². The highest BCUT2D eigenvalue weighted by molar-refractivity contribution is 5.79. The van der Waals surface area contributed by atoms with Crippen LogP contribution in [0.2, 0.25) is 0 Å². The third-order valence-electron chi connectivity index (χ3n) is 1.21. The second-order valence-corrected chi connectivity index (χ2v) is 2.07. The van der Waals surface area contributed by atoms with Gasteiger partial charge in [0.2, 0.25) is 0 Å². The summed E-state index contributed by atoms with van der Waals surface area (Å²) in [7, 11) is 1.88. The van der Waals surface area contributed by atoms with Crippen LogP contribution in [0.15, 0.2) is 15.3 Å². The van der Waals surface area contributed by atoms with E-state index in [0.717, 1.165) is 5.84 Å². The van der Waals surface area contributed by atoms with E-state index in [-0.39, 0.29) is 6.17 Å². The van der Waals surface area contributed by atoms with Crippen molar-refractivity contribution in [3.05, 3.63) is 0 Å². The van der Waals surface area contributed by atoms with E-state index in [9.17, 15) is 0 Å². The van der Waals surface area contributed by atoms with Gasteiger partial charge >= 0.3 is 0 Å². The van der Waals surface area contributed by atoms with E-state index in [1.54, 1.807) is 5.01 Å². The summed E-state index contributed by atoms with van der Waals surface area (Å²) in [6.07, 6.45) is 0.0914. The average molecular weight is 126 g/mol. The SMILES string of the molecule is CC1=NN(C)C(C)N=N1. The standard InChI is InChI=1S/C5H10N4/c1-4-6-7-5(2)9(3)8-4/h5H,1-3H3. The van der Waals surface area contributed by atoms with Crippen molar-refractivity contribution in [1.29, 1.82) is 0 Å². The van der Waals surface area contributed by atoms with Crippen LogP contribution in [0, 0.1) is 0 Å². The minimum absolute atomic E-state index is 0.0914. The van der Waals surface area contributed by atoms with Crippen molar-refractivity contribution < 1.29 is 0 Å². The molecule has 1 aliphatic rings. The molecule has 4 heteroatoms. The third kappa shape index (κ3) is 1.25. The summed E-state index contributed by atoms with van der Waals surface area (Å²) in [4.78, 5) is 0. The van der Waals surface area contributed by atoms with Crippen LogP contribution in [-0.2, 0) is 0 Å². The number of hydrazone groups is 1. The molecule has 0 aliphatic carbocycles. The first-order valence-electron chi connectivity index (χ1n) is 2.89. The Kier molecular flexibility index (Phi) is 1.46. The first kappa shape index (κ1) is 6.19.